The van der Waals surface area contributed by atoms with Gasteiger partial charge in [-0.3, -0.25) is 0 Å². The maximum Gasteiger partial charge on any atom is 0.124 e. The molecule has 3 aliphatic rings. The van der Waals surface area contributed by atoms with Gasteiger partial charge in [-0.1, -0.05) is 13.8 Å². The summed E-state index contributed by atoms with van der Waals surface area (Å²) in [4.78, 5) is 10.7. The van der Waals surface area contributed by atoms with Gasteiger partial charge in [0.15, 0.2) is 0 Å². The van der Waals surface area contributed by atoms with E-state index < -0.39 is 0 Å². The number of nitrogens with two attached hydrogens (primary N) is 1. The van der Waals surface area contributed by atoms with Crippen molar-refractivity contribution in [3.63, 3.8) is 0 Å². The molecule has 0 radical (unpaired) electrons. The van der Waals surface area contributed by atoms with E-state index in [4.69, 9.17) is 5.73 Å². The van der Waals surface area contributed by atoms with Gasteiger partial charge in [-0.2, -0.15) is 0 Å². The van der Waals surface area contributed by atoms with Crippen LogP contribution in [-0.4, -0.2) is 12.3 Å². The molecule has 2 nitrogen and oxygen atoms in total. The fourth-order valence-electron chi connectivity index (χ4n) is 3.04. The Morgan fingerprint density at radius 1 is 1.42 bits per heavy atom. The van der Waals surface area contributed by atoms with Crippen LogP contribution in [0.5, 0.6) is 0 Å². The van der Waals surface area contributed by atoms with E-state index in [0.717, 1.165) is 18.6 Å². The van der Waals surface area contributed by atoms with Crippen LogP contribution in [0.4, 0.5) is 0 Å². The van der Waals surface area contributed by atoms with Gasteiger partial charge in [0, 0.05) is 12.0 Å². The van der Waals surface area contributed by atoms with Gasteiger partial charge in [0.1, 0.15) is 6.29 Å². The Morgan fingerprint density at radius 2 is 2.08 bits per heavy atom. The predicted molar refractivity (Wildman–Crippen MR) is 47.5 cm³/mol. The van der Waals surface area contributed by atoms with E-state index in [0.29, 0.717) is 11.3 Å². The monoisotopic (exact) mass is 167 g/mol. The van der Waals surface area contributed by atoms with Crippen LogP contribution in [0.25, 0.3) is 0 Å². The number of hydrogen-bond donors (Lipinski definition) is 1. The van der Waals surface area contributed by atoms with Gasteiger partial charge in [-0.15, -0.1) is 0 Å². The summed E-state index contributed by atoms with van der Waals surface area (Å²) in [6, 6.07) is 0.127. The molecule has 0 spiro atoms. The standard InChI is InChI=1S/C10H17NO/c1-10(2)7-3-6(5-12)9(11)8(10)4-7/h5-9H,3-4,11H2,1-2H3/t6-,7+,8+,9+/m1/s1. The zero-order chi connectivity index (χ0) is 8.93. The molecule has 0 aliphatic heterocycles. The summed E-state index contributed by atoms with van der Waals surface area (Å²) in [5.41, 5.74) is 6.42. The summed E-state index contributed by atoms with van der Waals surface area (Å²) in [5, 5.41) is 0. The lowest BCUT2D eigenvalue weighted by atomic mass is 9.45. The molecule has 4 atom stereocenters. The van der Waals surface area contributed by atoms with Crippen LogP contribution in [0.2, 0.25) is 0 Å². The van der Waals surface area contributed by atoms with E-state index in [1.165, 1.54) is 6.42 Å². The summed E-state index contributed by atoms with van der Waals surface area (Å²) >= 11 is 0. The average Bonchev–Trinajstić information content (AvgIpc) is 2.03. The second-order valence-electron chi connectivity index (χ2n) is 4.97. The van der Waals surface area contributed by atoms with Crippen LogP contribution in [0, 0.1) is 23.2 Å². The molecule has 0 aromatic heterocycles. The van der Waals surface area contributed by atoms with Gasteiger partial charge in [0.05, 0.1) is 0 Å². The largest absolute Gasteiger partial charge is 0.327 e. The van der Waals surface area contributed by atoms with Gasteiger partial charge < -0.3 is 10.5 Å². The van der Waals surface area contributed by atoms with Crippen LogP contribution >= 0.6 is 0 Å². The summed E-state index contributed by atoms with van der Waals surface area (Å²) in [6.07, 6.45) is 3.33. The van der Waals surface area contributed by atoms with Crippen molar-refractivity contribution in [2.45, 2.75) is 32.7 Å². The van der Waals surface area contributed by atoms with Gasteiger partial charge in [-0.05, 0) is 30.1 Å². The van der Waals surface area contributed by atoms with Gasteiger partial charge in [0.2, 0.25) is 0 Å². The molecule has 0 unspecified atom stereocenters. The van der Waals surface area contributed by atoms with Crippen molar-refractivity contribution in [2.75, 3.05) is 0 Å². The van der Waals surface area contributed by atoms with Gasteiger partial charge in [-0.25, -0.2) is 0 Å². The van der Waals surface area contributed by atoms with E-state index in [2.05, 4.69) is 13.8 Å². The van der Waals surface area contributed by atoms with Gasteiger partial charge in [0.25, 0.3) is 0 Å². The first-order valence-corrected chi connectivity index (χ1v) is 4.78. The molecule has 68 valence electrons. The van der Waals surface area contributed by atoms with Crippen molar-refractivity contribution in [1.29, 1.82) is 0 Å². The van der Waals surface area contributed by atoms with E-state index in [1.807, 2.05) is 0 Å². The number of carbonyl (C=O) groups excluding carboxylic acids is 1. The van der Waals surface area contributed by atoms with Crippen LogP contribution < -0.4 is 5.73 Å². The van der Waals surface area contributed by atoms with Crippen molar-refractivity contribution in [3.8, 4) is 0 Å². The molecule has 2 N–H and O–H groups in total. The normalized spacial score (nSPS) is 49.6. The van der Waals surface area contributed by atoms with E-state index in [9.17, 15) is 4.79 Å². The Balaban J connectivity index is 2.16. The van der Waals surface area contributed by atoms with Gasteiger partial charge >= 0.3 is 0 Å². The maximum atomic E-state index is 10.7. The molecule has 0 heterocycles. The van der Waals surface area contributed by atoms with Crippen LogP contribution in [0.3, 0.4) is 0 Å². The molecule has 2 heteroatoms. The Kier molecular flexibility index (Phi) is 1.59. The summed E-state index contributed by atoms with van der Waals surface area (Å²) < 4.78 is 0. The minimum Gasteiger partial charge on any atom is -0.327 e. The second-order valence-corrected chi connectivity index (χ2v) is 4.97. The molecule has 3 aliphatic carbocycles. The number of hydrogen-bond acceptors (Lipinski definition) is 2. The first-order valence-electron chi connectivity index (χ1n) is 4.78. The molecule has 0 aromatic carbocycles. The summed E-state index contributed by atoms with van der Waals surface area (Å²) in [7, 11) is 0. The van der Waals surface area contributed by atoms with E-state index in [1.54, 1.807) is 0 Å². The van der Waals surface area contributed by atoms with Crippen molar-refractivity contribution in [2.24, 2.45) is 28.9 Å². The van der Waals surface area contributed by atoms with Crippen LogP contribution in [0.1, 0.15) is 26.7 Å². The molecular formula is C10H17NO. The minimum absolute atomic E-state index is 0.127. The molecule has 0 amide bonds. The molecule has 3 rings (SSSR count). The highest BCUT2D eigenvalue weighted by Gasteiger charge is 2.56. The highest BCUT2D eigenvalue weighted by molar-refractivity contribution is 5.56. The zero-order valence-electron chi connectivity index (χ0n) is 7.79. The number of aldehydes is 1. The zero-order valence-corrected chi connectivity index (χ0v) is 7.79. The third-order valence-electron chi connectivity index (χ3n) is 4.24. The number of carbonyl (C=O) groups is 1. The number of fused-ring (bicyclic) bond motifs is 2. The Morgan fingerprint density at radius 3 is 2.50 bits per heavy atom. The smallest absolute Gasteiger partial charge is 0.124 e. The molecule has 0 aromatic rings. The molecule has 12 heavy (non-hydrogen) atoms. The average molecular weight is 167 g/mol. The van der Waals surface area contributed by atoms with E-state index >= 15 is 0 Å². The lowest BCUT2D eigenvalue weighted by Crippen LogP contribution is -2.61. The Hall–Kier alpha value is -0.370. The van der Waals surface area contributed by atoms with E-state index in [-0.39, 0.29) is 12.0 Å². The van der Waals surface area contributed by atoms with Crippen molar-refractivity contribution in [3.05, 3.63) is 0 Å². The minimum atomic E-state index is 0.127. The summed E-state index contributed by atoms with van der Waals surface area (Å²) in [6.45, 7) is 4.57. The van der Waals surface area contributed by atoms with Crippen molar-refractivity contribution >= 4 is 6.29 Å². The lowest BCUT2D eigenvalue weighted by molar-refractivity contribution is -0.131. The van der Waals surface area contributed by atoms with Crippen LogP contribution in [0.15, 0.2) is 0 Å². The predicted octanol–water partition coefficient (Wildman–Crippen LogP) is 1.19. The quantitative estimate of drug-likeness (QED) is 0.596. The molecular weight excluding hydrogens is 150 g/mol. The third-order valence-corrected chi connectivity index (χ3v) is 4.24. The molecule has 3 saturated carbocycles. The first kappa shape index (κ1) is 8.24. The maximum absolute atomic E-state index is 10.7. The first-order chi connectivity index (χ1) is 5.57. The number of rotatable bonds is 1. The highest BCUT2D eigenvalue weighted by atomic mass is 16.1. The van der Waals surface area contributed by atoms with Crippen molar-refractivity contribution in [1.82, 2.24) is 0 Å². The Labute approximate surface area is 73.5 Å². The molecule has 0 saturated heterocycles. The highest BCUT2D eigenvalue weighted by Crippen LogP contribution is 2.59. The van der Waals surface area contributed by atoms with Crippen molar-refractivity contribution < 1.29 is 4.79 Å². The van der Waals surface area contributed by atoms with Crippen LogP contribution in [-0.2, 0) is 4.79 Å². The Bertz CT molecular complexity index is 212. The molecule has 3 fully saturated rings. The second kappa shape index (κ2) is 2.32. The molecule has 2 bridgehead atoms. The fraction of sp³-hybridized carbons (Fsp3) is 0.900. The fourth-order valence-corrected chi connectivity index (χ4v) is 3.04. The third kappa shape index (κ3) is 0.817. The summed E-state index contributed by atoms with van der Waals surface area (Å²) in [5.74, 6) is 1.48. The SMILES string of the molecule is CC1(C)[C@H]2C[C@H](C=O)[C@H](N)[C@@H]1C2. The topological polar surface area (TPSA) is 43.1 Å². The lowest BCUT2D eigenvalue weighted by Gasteiger charge is -2.60.